The number of rotatable bonds is 4. The highest BCUT2D eigenvalue weighted by molar-refractivity contribution is 8.01. The van der Waals surface area contributed by atoms with E-state index in [-0.39, 0.29) is 16.1 Å². The van der Waals surface area contributed by atoms with Gasteiger partial charge in [0.1, 0.15) is 0 Å². The smallest absolute Gasteiger partial charge is 0.0605 e. The van der Waals surface area contributed by atoms with Gasteiger partial charge < -0.3 is 4.90 Å². The molecule has 7 aromatic carbocycles. The molecular weight excluding hydrogens is 671 g/mol. The van der Waals surface area contributed by atoms with Crippen molar-refractivity contribution in [2.45, 2.75) is 48.7 Å². The summed E-state index contributed by atoms with van der Waals surface area (Å²) in [5.74, 6) is 0. The molecule has 1 aliphatic heterocycles. The molecule has 258 valence electrons. The van der Waals surface area contributed by atoms with E-state index in [4.69, 9.17) is 0 Å². The minimum absolute atomic E-state index is 0.108. The summed E-state index contributed by atoms with van der Waals surface area (Å²) in [6.07, 6.45) is 6.65. The Morgan fingerprint density at radius 2 is 1.24 bits per heavy atom. The Morgan fingerprint density at radius 1 is 0.556 bits per heavy atom. The van der Waals surface area contributed by atoms with Crippen molar-refractivity contribution in [3.05, 3.63) is 191 Å². The van der Waals surface area contributed by atoms with Crippen LogP contribution in [0.15, 0.2) is 168 Å². The van der Waals surface area contributed by atoms with Crippen molar-refractivity contribution in [2.75, 3.05) is 4.90 Å². The Bertz CT molecular complexity index is 2830. The lowest BCUT2D eigenvalue weighted by Crippen LogP contribution is -2.22. The van der Waals surface area contributed by atoms with Crippen LogP contribution in [-0.4, -0.2) is 5.25 Å². The lowest BCUT2D eigenvalue weighted by atomic mass is 9.76. The average molecular weight is 710 g/mol. The molecule has 0 radical (unpaired) electrons. The van der Waals surface area contributed by atoms with Crippen LogP contribution in [0.5, 0.6) is 0 Å². The Kier molecular flexibility index (Phi) is 6.67. The zero-order valence-electron chi connectivity index (χ0n) is 30.9. The van der Waals surface area contributed by atoms with Gasteiger partial charge in [-0.3, -0.25) is 0 Å². The number of hydrogen-bond acceptors (Lipinski definition) is 2. The SMILES string of the molecule is CC1(C)c2ccccc2-c2ccc(N(c3ccc(-c4ccccc4)cc3)c3cccc4c3C(C)(C)c3c5c(c6ccccc6c3-4)SC3C=C=CC=C53)cc21. The summed E-state index contributed by atoms with van der Waals surface area (Å²) < 4.78 is 0. The Labute approximate surface area is 322 Å². The predicted octanol–water partition coefficient (Wildman–Crippen LogP) is 14.2. The molecule has 54 heavy (non-hydrogen) atoms. The number of anilines is 3. The quantitative estimate of drug-likeness (QED) is 0.167. The minimum atomic E-state index is -0.273. The predicted molar refractivity (Wildman–Crippen MR) is 229 cm³/mol. The molecule has 0 fully saturated rings. The topological polar surface area (TPSA) is 3.24 Å². The van der Waals surface area contributed by atoms with E-state index in [0.717, 1.165) is 5.69 Å². The summed E-state index contributed by atoms with van der Waals surface area (Å²) in [5, 5.41) is 2.98. The molecule has 1 nitrogen and oxygen atoms in total. The van der Waals surface area contributed by atoms with Gasteiger partial charge in [0.25, 0.3) is 0 Å². The summed E-state index contributed by atoms with van der Waals surface area (Å²) in [5.41, 5.74) is 22.9. The monoisotopic (exact) mass is 709 g/mol. The lowest BCUT2D eigenvalue weighted by molar-refractivity contribution is 0.656. The summed E-state index contributed by atoms with van der Waals surface area (Å²) in [6.45, 7) is 9.67. The third kappa shape index (κ3) is 4.30. The maximum Gasteiger partial charge on any atom is 0.0605 e. The second-order valence-corrected chi connectivity index (χ2v) is 17.3. The van der Waals surface area contributed by atoms with Crippen LogP contribution in [0.25, 0.3) is 49.7 Å². The number of hydrogen-bond donors (Lipinski definition) is 0. The van der Waals surface area contributed by atoms with Crippen molar-refractivity contribution < 1.29 is 0 Å². The molecule has 0 amide bonds. The van der Waals surface area contributed by atoms with Gasteiger partial charge in [-0.1, -0.05) is 137 Å². The fraction of sp³-hybridized carbons (Fsp3) is 0.135. The van der Waals surface area contributed by atoms with Gasteiger partial charge in [-0.15, -0.1) is 17.5 Å². The summed E-state index contributed by atoms with van der Waals surface area (Å²) in [4.78, 5) is 3.94. The molecule has 7 aromatic rings. The normalized spacial score (nSPS) is 17.3. The van der Waals surface area contributed by atoms with Crippen molar-refractivity contribution in [3.63, 3.8) is 0 Å². The maximum absolute atomic E-state index is 3.39. The van der Waals surface area contributed by atoms with Gasteiger partial charge in [0.2, 0.25) is 0 Å². The summed E-state index contributed by atoms with van der Waals surface area (Å²) >= 11 is 1.99. The molecule has 0 spiro atoms. The van der Waals surface area contributed by atoms with Crippen LogP contribution in [-0.2, 0) is 10.8 Å². The number of fused-ring (bicyclic) bond motifs is 13. The number of nitrogens with zero attached hydrogens (tertiary/aromatic N) is 1. The van der Waals surface area contributed by atoms with E-state index in [2.05, 4.69) is 196 Å². The zero-order valence-corrected chi connectivity index (χ0v) is 31.8. The highest BCUT2D eigenvalue weighted by Crippen LogP contribution is 2.63. The van der Waals surface area contributed by atoms with Crippen LogP contribution < -0.4 is 4.90 Å². The van der Waals surface area contributed by atoms with Crippen LogP contribution in [0.3, 0.4) is 0 Å². The van der Waals surface area contributed by atoms with Crippen molar-refractivity contribution in [2.24, 2.45) is 0 Å². The number of allylic oxidation sites excluding steroid dienone is 1. The molecular formula is C52H39NS. The van der Waals surface area contributed by atoms with E-state index in [0.29, 0.717) is 0 Å². The molecule has 0 saturated carbocycles. The second-order valence-electron chi connectivity index (χ2n) is 16.1. The van der Waals surface area contributed by atoms with Crippen molar-refractivity contribution in [3.8, 4) is 33.4 Å². The van der Waals surface area contributed by atoms with Crippen molar-refractivity contribution >= 4 is 45.2 Å². The van der Waals surface area contributed by atoms with E-state index >= 15 is 0 Å². The fourth-order valence-corrected chi connectivity index (χ4v) is 11.4. The highest BCUT2D eigenvalue weighted by Gasteiger charge is 2.46. The van der Waals surface area contributed by atoms with Gasteiger partial charge in [-0.05, 0) is 126 Å². The third-order valence-electron chi connectivity index (χ3n) is 12.5. The first-order valence-electron chi connectivity index (χ1n) is 19.1. The average Bonchev–Trinajstić information content (AvgIpc) is 3.79. The molecule has 0 aromatic heterocycles. The van der Waals surface area contributed by atoms with Gasteiger partial charge in [-0.2, -0.15) is 0 Å². The Hall–Kier alpha value is -5.79. The lowest BCUT2D eigenvalue weighted by Gasteiger charge is -2.33. The molecule has 0 bridgehead atoms. The molecule has 1 atom stereocenters. The molecule has 1 heterocycles. The number of benzene rings is 7. The molecule has 4 aliphatic rings. The van der Waals surface area contributed by atoms with Crippen LogP contribution in [0.1, 0.15) is 55.5 Å². The van der Waals surface area contributed by atoms with E-state index in [1.54, 1.807) is 0 Å². The van der Waals surface area contributed by atoms with Crippen LogP contribution in [0, 0.1) is 0 Å². The zero-order chi connectivity index (χ0) is 36.3. The molecule has 2 heteroatoms. The van der Waals surface area contributed by atoms with E-state index in [9.17, 15) is 0 Å². The van der Waals surface area contributed by atoms with Crippen LogP contribution in [0.2, 0.25) is 0 Å². The maximum atomic E-state index is 3.39. The highest BCUT2D eigenvalue weighted by atomic mass is 32.2. The van der Waals surface area contributed by atoms with Crippen molar-refractivity contribution in [1.82, 2.24) is 0 Å². The van der Waals surface area contributed by atoms with Crippen LogP contribution >= 0.6 is 11.8 Å². The molecule has 0 N–H and O–H groups in total. The van der Waals surface area contributed by atoms with Gasteiger partial charge in [0, 0.05) is 27.1 Å². The third-order valence-corrected chi connectivity index (χ3v) is 13.8. The fourth-order valence-electron chi connectivity index (χ4n) is 10.0. The van der Waals surface area contributed by atoms with Gasteiger partial charge in [-0.25, -0.2) is 0 Å². The first kappa shape index (κ1) is 31.7. The minimum Gasteiger partial charge on any atom is -0.310 e. The summed E-state index contributed by atoms with van der Waals surface area (Å²) in [7, 11) is 0. The number of thioether (sulfide) groups is 1. The second kappa shape index (κ2) is 11.4. The van der Waals surface area contributed by atoms with Gasteiger partial charge in [0.15, 0.2) is 0 Å². The first-order valence-corrected chi connectivity index (χ1v) is 19.9. The van der Waals surface area contributed by atoms with E-state index < -0.39 is 0 Å². The Balaban J connectivity index is 1.16. The van der Waals surface area contributed by atoms with Gasteiger partial charge >= 0.3 is 0 Å². The standard InChI is InChI=1S/C52H39NS/c1-51(2)42-22-12-10-17-36(42)37-30-29-35(31-43(37)51)53(34-27-25-33(26-28-34)32-15-6-5-7-16-32)44-23-14-21-41-46-38-18-8-9-19-39(38)50-47(49(46)52(3,4)48(41)44)40-20-11-13-24-45(40)54-50/h5-12,14-31,45H,1-4H3. The van der Waals surface area contributed by atoms with Gasteiger partial charge in [0.05, 0.1) is 10.9 Å². The van der Waals surface area contributed by atoms with Crippen molar-refractivity contribution in [1.29, 1.82) is 0 Å². The molecule has 11 rings (SSSR count). The summed E-state index contributed by atoms with van der Waals surface area (Å²) in [6, 6.07) is 52.1. The molecule has 3 aliphatic carbocycles. The van der Waals surface area contributed by atoms with E-state index in [1.165, 1.54) is 93.8 Å². The van der Waals surface area contributed by atoms with Crippen LogP contribution in [0.4, 0.5) is 17.1 Å². The Morgan fingerprint density at radius 3 is 2.07 bits per heavy atom. The molecule has 1 unspecified atom stereocenters. The van der Waals surface area contributed by atoms with E-state index in [1.807, 2.05) is 11.8 Å². The largest absolute Gasteiger partial charge is 0.310 e. The first-order chi connectivity index (χ1) is 26.3. The molecule has 0 saturated heterocycles.